The van der Waals surface area contributed by atoms with Gasteiger partial charge < -0.3 is 10.4 Å². The van der Waals surface area contributed by atoms with E-state index < -0.39 is 22.8 Å². The number of carboxylic acid groups (broad SMARTS) is 1. The lowest BCUT2D eigenvalue weighted by molar-refractivity contribution is -0.384. The lowest BCUT2D eigenvalue weighted by Crippen LogP contribution is -2.42. The second-order valence-electron chi connectivity index (χ2n) is 5.22. The Balaban J connectivity index is 1.84. The van der Waals surface area contributed by atoms with Gasteiger partial charge in [-0.3, -0.25) is 14.9 Å². The molecular weight excluding hydrogens is 308 g/mol. The molecule has 7 nitrogen and oxygen atoms in total. The number of aliphatic carboxylic acids is 1. The molecule has 3 rings (SSSR count). The van der Waals surface area contributed by atoms with Gasteiger partial charge >= 0.3 is 5.97 Å². The van der Waals surface area contributed by atoms with Crippen LogP contribution >= 0.6 is 11.3 Å². The molecule has 8 heteroatoms. The molecule has 1 amide bonds. The van der Waals surface area contributed by atoms with E-state index in [2.05, 4.69) is 5.32 Å². The van der Waals surface area contributed by atoms with Gasteiger partial charge in [0.15, 0.2) is 0 Å². The van der Waals surface area contributed by atoms with E-state index in [1.165, 1.54) is 23.5 Å². The maximum atomic E-state index is 12.2. The van der Waals surface area contributed by atoms with Gasteiger partial charge in [0, 0.05) is 22.2 Å². The summed E-state index contributed by atoms with van der Waals surface area (Å²) in [6.45, 7) is 0. The van der Waals surface area contributed by atoms with Crippen LogP contribution in [0.2, 0.25) is 0 Å². The third-order valence-corrected chi connectivity index (χ3v) is 4.70. The van der Waals surface area contributed by atoms with Gasteiger partial charge in [0.25, 0.3) is 11.6 Å². The number of rotatable bonds is 5. The average Bonchev–Trinajstić information content (AvgIpc) is 3.21. The number of nitro benzene ring substituents is 1. The van der Waals surface area contributed by atoms with E-state index in [1.54, 1.807) is 12.1 Å². The largest absolute Gasteiger partial charge is 0.480 e. The van der Waals surface area contributed by atoms with Gasteiger partial charge in [-0.25, -0.2) is 4.79 Å². The zero-order valence-corrected chi connectivity index (χ0v) is 12.1. The Hall–Kier alpha value is -2.48. The summed E-state index contributed by atoms with van der Waals surface area (Å²) < 4.78 is 0.744. The second-order valence-corrected chi connectivity index (χ2v) is 6.30. The third kappa shape index (κ3) is 2.77. The maximum absolute atomic E-state index is 12.2. The van der Waals surface area contributed by atoms with Crippen LogP contribution in [0.3, 0.4) is 0 Å². The number of benzene rings is 1. The summed E-state index contributed by atoms with van der Waals surface area (Å²) in [6, 6.07) is 5.05. The molecular formula is C14H12N2O5S. The summed E-state index contributed by atoms with van der Waals surface area (Å²) in [4.78, 5) is 33.9. The van der Waals surface area contributed by atoms with Gasteiger partial charge in [-0.2, -0.15) is 0 Å². The first kappa shape index (κ1) is 14.5. The fourth-order valence-corrected chi connectivity index (χ4v) is 3.23. The molecule has 1 aromatic heterocycles. The summed E-state index contributed by atoms with van der Waals surface area (Å²) in [7, 11) is 0. The predicted octanol–water partition coefficient (Wildman–Crippen LogP) is 2.40. The van der Waals surface area contributed by atoms with Crippen molar-refractivity contribution in [1.29, 1.82) is 0 Å². The quantitative estimate of drug-likeness (QED) is 0.649. The van der Waals surface area contributed by atoms with Crippen LogP contribution in [0.25, 0.3) is 10.1 Å². The molecule has 1 unspecified atom stereocenters. The molecule has 2 aromatic rings. The monoisotopic (exact) mass is 320 g/mol. The van der Waals surface area contributed by atoms with Gasteiger partial charge in [0.2, 0.25) is 0 Å². The molecule has 0 spiro atoms. The Bertz CT molecular complexity index is 781. The molecule has 0 aliphatic heterocycles. The van der Waals surface area contributed by atoms with Crippen molar-refractivity contribution in [1.82, 2.24) is 5.32 Å². The highest BCUT2D eigenvalue weighted by Gasteiger charge is 2.37. The Morgan fingerprint density at radius 2 is 2.09 bits per heavy atom. The maximum Gasteiger partial charge on any atom is 0.326 e. The van der Waals surface area contributed by atoms with Crippen LogP contribution in [0.1, 0.15) is 22.5 Å². The van der Waals surface area contributed by atoms with Crippen LogP contribution in [0.15, 0.2) is 24.3 Å². The fourth-order valence-electron chi connectivity index (χ4n) is 2.28. The lowest BCUT2D eigenvalue weighted by atomic mass is 10.2. The highest BCUT2D eigenvalue weighted by atomic mass is 32.1. The molecule has 0 bridgehead atoms. The molecule has 114 valence electrons. The minimum atomic E-state index is -1.03. The van der Waals surface area contributed by atoms with E-state index in [0.29, 0.717) is 10.3 Å². The summed E-state index contributed by atoms with van der Waals surface area (Å²) in [6.07, 6.45) is 1.60. The Morgan fingerprint density at radius 1 is 1.36 bits per heavy atom. The number of amides is 1. The van der Waals surface area contributed by atoms with Crippen molar-refractivity contribution in [3.63, 3.8) is 0 Å². The number of carboxylic acids is 1. The van der Waals surface area contributed by atoms with Crippen molar-refractivity contribution >= 4 is 39.0 Å². The highest BCUT2D eigenvalue weighted by Crippen LogP contribution is 2.33. The van der Waals surface area contributed by atoms with E-state index in [4.69, 9.17) is 5.11 Å². The average molecular weight is 320 g/mol. The molecule has 2 N–H and O–H groups in total. The first-order valence-electron chi connectivity index (χ1n) is 6.67. The molecule has 1 saturated carbocycles. The number of nitrogens with one attached hydrogen (secondary N) is 1. The van der Waals surface area contributed by atoms with E-state index in [0.717, 1.165) is 17.5 Å². The second kappa shape index (κ2) is 5.38. The predicted molar refractivity (Wildman–Crippen MR) is 80.1 cm³/mol. The van der Waals surface area contributed by atoms with Crippen LogP contribution in [-0.2, 0) is 4.79 Å². The van der Waals surface area contributed by atoms with Gasteiger partial charge in [0.1, 0.15) is 6.04 Å². The number of nitrogens with zero attached hydrogens (tertiary/aromatic N) is 1. The van der Waals surface area contributed by atoms with Crippen LogP contribution in [0.5, 0.6) is 0 Å². The Kier molecular flexibility index (Phi) is 3.53. The van der Waals surface area contributed by atoms with Crippen molar-refractivity contribution in [3.05, 3.63) is 39.3 Å². The number of carbonyl (C=O) groups excluding carboxylic acids is 1. The van der Waals surface area contributed by atoms with Gasteiger partial charge in [0.05, 0.1) is 9.80 Å². The van der Waals surface area contributed by atoms with Gasteiger partial charge in [-0.1, -0.05) is 0 Å². The first-order chi connectivity index (χ1) is 10.5. The Labute approximate surface area is 128 Å². The number of carbonyl (C=O) groups is 2. The third-order valence-electron chi connectivity index (χ3n) is 3.58. The zero-order valence-electron chi connectivity index (χ0n) is 11.3. The molecule has 0 saturated heterocycles. The van der Waals surface area contributed by atoms with Crippen molar-refractivity contribution in [2.24, 2.45) is 5.92 Å². The molecule has 1 aliphatic rings. The SMILES string of the molecule is O=C(NC(C(=O)O)C1CC1)c1cc2cc([N+](=O)[O-])ccc2s1. The highest BCUT2D eigenvalue weighted by molar-refractivity contribution is 7.20. The molecule has 22 heavy (non-hydrogen) atoms. The van der Waals surface area contributed by atoms with Gasteiger partial charge in [-0.05, 0) is 30.9 Å². The molecule has 1 aromatic carbocycles. The minimum absolute atomic E-state index is 0.00286. The summed E-state index contributed by atoms with van der Waals surface area (Å²) in [5, 5.41) is 23.0. The minimum Gasteiger partial charge on any atom is -0.480 e. The van der Waals surface area contributed by atoms with Crippen LogP contribution in [0.4, 0.5) is 5.69 Å². The molecule has 0 radical (unpaired) electrons. The normalized spacial score (nSPS) is 15.5. The summed E-state index contributed by atoms with van der Waals surface area (Å²) in [5.74, 6) is -1.49. The van der Waals surface area contributed by atoms with E-state index in [-0.39, 0.29) is 11.6 Å². The molecule has 1 aliphatic carbocycles. The topological polar surface area (TPSA) is 110 Å². The Morgan fingerprint density at radius 3 is 2.68 bits per heavy atom. The van der Waals surface area contributed by atoms with Crippen molar-refractivity contribution < 1.29 is 19.6 Å². The fraction of sp³-hybridized carbons (Fsp3) is 0.286. The van der Waals surface area contributed by atoms with E-state index in [9.17, 15) is 19.7 Å². The first-order valence-corrected chi connectivity index (χ1v) is 7.49. The van der Waals surface area contributed by atoms with E-state index >= 15 is 0 Å². The van der Waals surface area contributed by atoms with Crippen LogP contribution in [0, 0.1) is 16.0 Å². The summed E-state index contributed by atoms with van der Waals surface area (Å²) >= 11 is 1.18. The number of nitro groups is 1. The molecule has 1 fully saturated rings. The molecule has 1 heterocycles. The van der Waals surface area contributed by atoms with Crippen LogP contribution < -0.4 is 5.32 Å². The number of hydrogen-bond donors (Lipinski definition) is 2. The summed E-state index contributed by atoms with van der Waals surface area (Å²) in [5.41, 5.74) is -0.0429. The smallest absolute Gasteiger partial charge is 0.326 e. The zero-order chi connectivity index (χ0) is 15.9. The lowest BCUT2D eigenvalue weighted by Gasteiger charge is -2.12. The standard InChI is InChI=1S/C14H12N2O5S/c17-13(15-12(14(18)19)7-1-2-7)11-6-8-5-9(16(20)21)3-4-10(8)22-11/h3-7,12H,1-2H2,(H,15,17)(H,18,19). The van der Waals surface area contributed by atoms with Crippen LogP contribution in [-0.4, -0.2) is 27.9 Å². The number of fused-ring (bicyclic) bond motifs is 1. The number of thiophene rings is 1. The van der Waals surface area contributed by atoms with E-state index in [1.807, 2.05) is 0 Å². The van der Waals surface area contributed by atoms with Crippen molar-refractivity contribution in [3.8, 4) is 0 Å². The number of non-ortho nitro benzene ring substituents is 1. The van der Waals surface area contributed by atoms with Gasteiger partial charge in [-0.15, -0.1) is 11.3 Å². The number of hydrogen-bond acceptors (Lipinski definition) is 5. The molecule has 1 atom stereocenters. The van der Waals surface area contributed by atoms with Crippen molar-refractivity contribution in [2.45, 2.75) is 18.9 Å². The van der Waals surface area contributed by atoms with Crippen molar-refractivity contribution in [2.75, 3.05) is 0 Å².